The molecule has 0 atom stereocenters. The van der Waals surface area contributed by atoms with Gasteiger partial charge in [-0.1, -0.05) is 44.0 Å². The van der Waals surface area contributed by atoms with Crippen LogP contribution in [0, 0.1) is 10.8 Å². The van der Waals surface area contributed by atoms with Crippen LogP contribution in [0.2, 0.25) is 5.02 Å². The Bertz CT molecular complexity index is 490. The molecule has 2 rings (SSSR count). The first-order valence-electron chi connectivity index (χ1n) is 7.29. The lowest BCUT2D eigenvalue weighted by atomic mass is 9.78. The summed E-state index contributed by atoms with van der Waals surface area (Å²) >= 11 is 6.30. The second-order valence-electron chi connectivity index (χ2n) is 6.16. The number of hydrogen-bond acceptors (Lipinski definition) is 2. The van der Waals surface area contributed by atoms with Gasteiger partial charge in [-0.3, -0.25) is 10.3 Å². The summed E-state index contributed by atoms with van der Waals surface area (Å²) in [7, 11) is 0. The Kier molecular flexibility index (Phi) is 4.71. The number of hydrogen-bond donors (Lipinski definition) is 2. The first kappa shape index (κ1) is 15.3. The van der Waals surface area contributed by atoms with Gasteiger partial charge in [-0.2, -0.15) is 0 Å². The Morgan fingerprint density at radius 1 is 1.40 bits per heavy atom. The third-order valence-corrected chi connectivity index (χ3v) is 5.03. The van der Waals surface area contributed by atoms with Crippen molar-refractivity contribution >= 4 is 17.4 Å². The molecule has 0 aliphatic carbocycles. The molecule has 1 aromatic rings. The Morgan fingerprint density at radius 2 is 2.05 bits per heavy atom. The first-order valence-corrected chi connectivity index (χ1v) is 7.66. The van der Waals surface area contributed by atoms with E-state index in [4.69, 9.17) is 22.7 Å². The summed E-state index contributed by atoms with van der Waals surface area (Å²) < 4.78 is 0. The number of nitrogens with two attached hydrogens (primary N) is 1. The predicted octanol–water partition coefficient (Wildman–Crippen LogP) is 3.64. The average Bonchev–Trinajstić information content (AvgIpc) is 2.43. The van der Waals surface area contributed by atoms with Crippen molar-refractivity contribution in [1.29, 1.82) is 5.41 Å². The molecule has 0 unspecified atom stereocenters. The minimum absolute atomic E-state index is 0.0649. The molecule has 1 aliphatic heterocycles. The number of halogens is 1. The molecule has 1 aliphatic rings. The van der Waals surface area contributed by atoms with Crippen LogP contribution in [0.1, 0.15) is 44.2 Å². The van der Waals surface area contributed by atoms with Crippen molar-refractivity contribution in [2.24, 2.45) is 11.1 Å². The third kappa shape index (κ3) is 3.53. The van der Waals surface area contributed by atoms with Crippen molar-refractivity contribution in [2.45, 2.75) is 39.7 Å². The van der Waals surface area contributed by atoms with E-state index < -0.39 is 0 Å². The summed E-state index contributed by atoms with van der Waals surface area (Å²) in [5.41, 5.74) is 7.80. The first-order chi connectivity index (χ1) is 9.43. The minimum atomic E-state index is 0.0649. The Labute approximate surface area is 126 Å². The summed E-state index contributed by atoms with van der Waals surface area (Å²) in [5.74, 6) is 0.0649. The Morgan fingerprint density at radius 3 is 2.55 bits per heavy atom. The fourth-order valence-electron chi connectivity index (χ4n) is 2.69. The Hall–Kier alpha value is -1.06. The predicted molar refractivity (Wildman–Crippen MR) is 85.4 cm³/mol. The zero-order valence-electron chi connectivity index (χ0n) is 12.4. The molecule has 1 fully saturated rings. The van der Waals surface area contributed by atoms with Crippen molar-refractivity contribution < 1.29 is 0 Å². The quantitative estimate of drug-likeness (QED) is 0.658. The van der Waals surface area contributed by atoms with Crippen LogP contribution in [-0.4, -0.2) is 23.8 Å². The van der Waals surface area contributed by atoms with E-state index in [0.717, 1.165) is 25.2 Å². The third-order valence-electron chi connectivity index (χ3n) is 4.67. The lowest BCUT2D eigenvalue weighted by Crippen LogP contribution is -2.37. The minimum Gasteiger partial charge on any atom is -0.384 e. The molecule has 0 aromatic heterocycles. The number of nitrogens with one attached hydrogen (secondary N) is 1. The van der Waals surface area contributed by atoms with Crippen molar-refractivity contribution in [3.05, 3.63) is 34.3 Å². The van der Waals surface area contributed by atoms with E-state index in [0.29, 0.717) is 16.0 Å². The fourth-order valence-corrected chi connectivity index (χ4v) is 2.93. The van der Waals surface area contributed by atoms with Crippen LogP contribution in [0.3, 0.4) is 0 Å². The second kappa shape index (κ2) is 6.15. The van der Waals surface area contributed by atoms with E-state index in [1.807, 2.05) is 12.1 Å². The lowest BCUT2D eigenvalue weighted by Gasteiger charge is -2.39. The van der Waals surface area contributed by atoms with Gasteiger partial charge in [0.25, 0.3) is 0 Å². The molecule has 4 heteroatoms. The SMILES string of the molecule is CCC1(C)CCN(Cc2ccc(C(=N)N)cc2Cl)CC1. The summed E-state index contributed by atoms with van der Waals surface area (Å²) in [6.45, 7) is 7.83. The van der Waals surface area contributed by atoms with E-state index in [-0.39, 0.29) is 5.84 Å². The monoisotopic (exact) mass is 293 g/mol. The molecule has 3 nitrogen and oxygen atoms in total. The van der Waals surface area contributed by atoms with Crippen LogP contribution < -0.4 is 5.73 Å². The maximum absolute atomic E-state index is 7.43. The summed E-state index contributed by atoms with van der Waals surface area (Å²) in [6, 6.07) is 5.66. The van der Waals surface area contributed by atoms with Gasteiger partial charge in [0, 0.05) is 17.1 Å². The number of rotatable bonds is 4. The number of nitrogen functional groups attached to an aromatic ring is 1. The zero-order valence-corrected chi connectivity index (χ0v) is 13.1. The van der Waals surface area contributed by atoms with E-state index >= 15 is 0 Å². The van der Waals surface area contributed by atoms with Crippen molar-refractivity contribution in [1.82, 2.24) is 4.90 Å². The highest BCUT2D eigenvalue weighted by atomic mass is 35.5. The van der Waals surface area contributed by atoms with Gasteiger partial charge in [-0.05, 0) is 43.0 Å². The second-order valence-corrected chi connectivity index (χ2v) is 6.57. The van der Waals surface area contributed by atoms with Gasteiger partial charge in [0.05, 0.1) is 0 Å². The highest BCUT2D eigenvalue weighted by Gasteiger charge is 2.28. The molecule has 3 N–H and O–H groups in total. The largest absolute Gasteiger partial charge is 0.384 e. The van der Waals surface area contributed by atoms with Crippen LogP contribution >= 0.6 is 11.6 Å². The molecule has 1 aromatic carbocycles. The molecule has 1 heterocycles. The van der Waals surface area contributed by atoms with E-state index in [9.17, 15) is 0 Å². The molecular formula is C16H24ClN3. The fraction of sp³-hybridized carbons (Fsp3) is 0.562. The number of benzene rings is 1. The lowest BCUT2D eigenvalue weighted by molar-refractivity contribution is 0.110. The Balaban J connectivity index is 2.00. The molecule has 0 bridgehead atoms. The maximum atomic E-state index is 7.43. The van der Waals surface area contributed by atoms with Crippen LogP contribution in [0.25, 0.3) is 0 Å². The number of piperidine rings is 1. The molecule has 0 spiro atoms. The standard InChI is InChI=1S/C16H24ClN3/c1-3-16(2)6-8-20(9-7-16)11-13-5-4-12(15(18)19)10-14(13)17/h4-5,10H,3,6-9,11H2,1-2H3,(H3,18,19). The van der Waals surface area contributed by atoms with Crippen molar-refractivity contribution in [3.63, 3.8) is 0 Å². The van der Waals surface area contributed by atoms with Gasteiger partial charge in [0.1, 0.15) is 5.84 Å². The van der Waals surface area contributed by atoms with Gasteiger partial charge >= 0.3 is 0 Å². The highest BCUT2D eigenvalue weighted by Crippen LogP contribution is 2.34. The topological polar surface area (TPSA) is 53.1 Å². The van der Waals surface area contributed by atoms with Gasteiger partial charge < -0.3 is 5.73 Å². The average molecular weight is 294 g/mol. The van der Waals surface area contributed by atoms with Gasteiger partial charge in [-0.25, -0.2) is 0 Å². The molecule has 110 valence electrons. The van der Waals surface area contributed by atoms with Gasteiger partial charge in [0.2, 0.25) is 0 Å². The molecule has 0 saturated carbocycles. The van der Waals surface area contributed by atoms with E-state index in [1.165, 1.54) is 19.3 Å². The van der Waals surface area contributed by atoms with Crippen LogP contribution in [0.4, 0.5) is 0 Å². The highest BCUT2D eigenvalue weighted by molar-refractivity contribution is 6.31. The molecule has 0 radical (unpaired) electrons. The normalized spacial score (nSPS) is 18.9. The smallest absolute Gasteiger partial charge is 0.122 e. The molecular weight excluding hydrogens is 270 g/mol. The molecule has 1 saturated heterocycles. The number of nitrogens with zero attached hydrogens (tertiary/aromatic N) is 1. The number of amidine groups is 1. The summed E-state index contributed by atoms with van der Waals surface area (Å²) in [5, 5.41) is 8.14. The summed E-state index contributed by atoms with van der Waals surface area (Å²) in [4.78, 5) is 2.46. The van der Waals surface area contributed by atoms with Crippen molar-refractivity contribution in [3.8, 4) is 0 Å². The van der Waals surface area contributed by atoms with E-state index in [2.05, 4.69) is 18.7 Å². The molecule has 20 heavy (non-hydrogen) atoms. The zero-order chi connectivity index (χ0) is 14.8. The summed E-state index contributed by atoms with van der Waals surface area (Å²) in [6.07, 6.45) is 3.77. The number of likely N-dealkylation sites (tertiary alicyclic amines) is 1. The van der Waals surface area contributed by atoms with E-state index in [1.54, 1.807) is 6.07 Å². The van der Waals surface area contributed by atoms with Crippen LogP contribution in [0.15, 0.2) is 18.2 Å². The maximum Gasteiger partial charge on any atom is 0.122 e. The van der Waals surface area contributed by atoms with Crippen molar-refractivity contribution in [2.75, 3.05) is 13.1 Å². The van der Waals surface area contributed by atoms with Gasteiger partial charge in [-0.15, -0.1) is 0 Å². The molecule has 0 amide bonds. The van der Waals surface area contributed by atoms with Crippen LogP contribution in [-0.2, 0) is 6.54 Å². The van der Waals surface area contributed by atoms with Crippen LogP contribution in [0.5, 0.6) is 0 Å². The van der Waals surface area contributed by atoms with Gasteiger partial charge in [0.15, 0.2) is 0 Å².